The highest BCUT2D eigenvalue weighted by Gasteiger charge is 2.36. The smallest absolute Gasteiger partial charge is 0.390 e. The molecular weight excluding hydrogens is 373 g/mol. The summed E-state index contributed by atoms with van der Waals surface area (Å²) >= 11 is 3.20. The molecule has 1 atom stereocenters. The average Bonchev–Trinajstić information content (AvgIpc) is 2.36. The van der Waals surface area contributed by atoms with Crippen molar-refractivity contribution in [3.05, 3.63) is 28.2 Å². The van der Waals surface area contributed by atoms with Crippen LogP contribution in [0.15, 0.2) is 22.7 Å². The molecular formula is C13H17BrClF3N2O. The number of phenols is 1. The maximum absolute atomic E-state index is 12.8. The predicted octanol–water partition coefficient (Wildman–Crippen LogP) is 3.48. The number of rotatable bonds is 3. The van der Waals surface area contributed by atoms with Gasteiger partial charge in [-0.1, -0.05) is 22.0 Å². The maximum Gasteiger partial charge on any atom is 0.390 e. The summed E-state index contributed by atoms with van der Waals surface area (Å²) in [5.41, 5.74) is 0.326. The van der Waals surface area contributed by atoms with Gasteiger partial charge in [0.15, 0.2) is 0 Å². The number of nitrogens with one attached hydrogen (secondary N) is 1. The van der Waals surface area contributed by atoms with Crippen LogP contribution in [0.3, 0.4) is 0 Å². The maximum atomic E-state index is 12.8. The van der Waals surface area contributed by atoms with E-state index in [0.717, 1.165) is 0 Å². The van der Waals surface area contributed by atoms with Crippen LogP contribution in [0.5, 0.6) is 5.75 Å². The van der Waals surface area contributed by atoms with Crippen molar-refractivity contribution in [3.63, 3.8) is 0 Å². The Hall–Kier alpha value is -0.500. The Bertz CT molecular complexity index is 467. The third kappa shape index (κ3) is 5.32. The highest BCUT2D eigenvalue weighted by Crippen LogP contribution is 2.38. The SMILES string of the molecule is Cl.Oc1cc(Br)ccc1[C@@H](CC(F)(F)F)N1CCNCC1. The molecule has 2 N–H and O–H groups in total. The number of aromatic hydroxyl groups is 1. The highest BCUT2D eigenvalue weighted by atomic mass is 79.9. The van der Waals surface area contributed by atoms with Gasteiger partial charge in [-0.2, -0.15) is 13.2 Å². The number of alkyl halides is 3. The van der Waals surface area contributed by atoms with Crippen LogP contribution in [-0.4, -0.2) is 42.4 Å². The molecule has 1 aromatic carbocycles. The molecule has 1 fully saturated rings. The van der Waals surface area contributed by atoms with Gasteiger partial charge in [0.05, 0.1) is 6.42 Å². The van der Waals surface area contributed by atoms with Gasteiger partial charge in [0.1, 0.15) is 5.75 Å². The van der Waals surface area contributed by atoms with Crippen molar-refractivity contribution in [1.82, 2.24) is 10.2 Å². The fourth-order valence-electron chi connectivity index (χ4n) is 2.45. The summed E-state index contributed by atoms with van der Waals surface area (Å²) in [6, 6.07) is 3.80. The first-order valence-electron chi connectivity index (χ1n) is 6.37. The molecule has 1 aliphatic heterocycles. The van der Waals surface area contributed by atoms with E-state index in [0.29, 0.717) is 36.2 Å². The number of hydrogen-bond donors (Lipinski definition) is 2. The lowest BCUT2D eigenvalue weighted by atomic mass is 10.00. The molecule has 0 aliphatic carbocycles. The van der Waals surface area contributed by atoms with Gasteiger partial charge in [-0.3, -0.25) is 4.90 Å². The van der Waals surface area contributed by atoms with Crippen LogP contribution in [0, 0.1) is 0 Å². The highest BCUT2D eigenvalue weighted by molar-refractivity contribution is 9.10. The fourth-order valence-corrected chi connectivity index (χ4v) is 2.80. The van der Waals surface area contributed by atoms with E-state index < -0.39 is 18.6 Å². The Morgan fingerprint density at radius 2 is 1.90 bits per heavy atom. The van der Waals surface area contributed by atoms with E-state index in [1.165, 1.54) is 6.07 Å². The minimum atomic E-state index is -4.27. The van der Waals surface area contributed by atoms with E-state index in [4.69, 9.17) is 0 Å². The molecule has 3 nitrogen and oxygen atoms in total. The number of hydrogen-bond acceptors (Lipinski definition) is 3. The Balaban J connectivity index is 0.00000220. The van der Waals surface area contributed by atoms with Crippen LogP contribution < -0.4 is 5.32 Å². The average molecular weight is 390 g/mol. The van der Waals surface area contributed by atoms with Crippen LogP contribution in [0.2, 0.25) is 0 Å². The zero-order valence-corrected chi connectivity index (χ0v) is 13.6. The summed E-state index contributed by atoms with van der Waals surface area (Å²) in [6.07, 6.45) is -5.22. The van der Waals surface area contributed by atoms with E-state index in [-0.39, 0.29) is 18.2 Å². The van der Waals surface area contributed by atoms with Crippen molar-refractivity contribution < 1.29 is 18.3 Å². The first kappa shape index (κ1) is 18.5. The van der Waals surface area contributed by atoms with Gasteiger partial charge in [-0.05, 0) is 12.1 Å². The molecule has 0 aromatic heterocycles. The van der Waals surface area contributed by atoms with E-state index in [9.17, 15) is 18.3 Å². The van der Waals surface area contributed by atoms with E-state index >= 15 is 0 Å². The van der Waals surface area contributed by atoms with Gasteiger partial charge in [0.2, 0.25) is 0 Å². The molecule has 1 aromatic rings. The summed E-state index contributed by atoms with van der Waals surface area (Å²) in [5, 5.41) is 13.1. The summed E-state index contributed by atoms with van der Waals surface area (Å²) < 4.78 is 39.1. The van der Waals surface area contributed by atoms with Gasteiger partial charge in [0, 0.05) is 42.3 Å². The van der Waals surface area contributed by atoms with Crippen LogP contribution in [0.4, 0.5) is 13.2 Å². The second-order valence-corrected chi connectivity index (χ2v) is 5.74. The molecule has 120 valence electrons. The van der Waals surface area contributed by atoms with Crippen molar-refractivity contribution >= 4 is 28.3 Å². The first-order valence-corrected chi connectivity index (χ1v) is 7.16. The lowest BCUT2D eigenvalue weighted by molar-refractivity contribution is -0.148. The summed E-state index contributed by atoms with van der Waals surface area (Å²) in [7, 11) is 0. The van der Waals surface area contributed by atoms with E-state index in [1.54, 1.807) is 17.0 Å². The summed E-state index contributed by atoms with van der Waals surface area (Å²) in [4.78, 5) is 1.77. The molecule has 2 rings (SSSR count). The van der Waals surface area contributed by atoms with Gasteiger partial charge < -0.3 is 10.4 Å². The first-order chi connectivity index (χ1) is 9.37. The molecule has 21 heavy (non-hydrogen) atoms. The van der Waals surface area contributed by atoms with Crippen molar-refractivity contribution in [1.29, 1.82) is 0 Å². The van der Waals surface area contributed by atoms with Crippen LogP contribution in [-0.2, 0) is 0 Å². The summed E-state index contributed by atoms with van der Waals surface area (Å²) in [5.74, 6) is -0.104. The van der Waals surface area contributed by atoms with Crippen molar-refractivity contribution in [2.75, 3.05) is 26.2 Å². The van der Waals surface area contributed by atoms with Crippen molar-refractivity contribution in [3.8, 4) is 5.75 Å². The monoisotopic (exact) mass is 388 g/mol. The minimum absolute atomic E-state index is 0. The van der Waals surface area contributed by atoms with Crippen LogP contribution in [0.25, 0.3) is 0 Å². The predicted molar refractivity (Wildman–Crippen MR) is 80.9 cm³/mol. The Morgan fingerprint density at radius 1 is 1.29 bits per heavy atom. The number of phenolic OH excluding ortho intramolecular Hbond substituents is 1. The molecule has 1 aliphatic rings. The topological polar surface area (TPSA) is 35.5 Å². The lowest BCUT2D eigenvalue weighted by Gasteiger charge is -2.35. The quantitative estimate of drug-likeness (QED) is 0.831. The van der Waals surface area contributed by atoms with Crippen molar-refractivity contribution in [2.45, 2.75) is 18.6 Å². The van der Waals surface area contributed by atoms with Crippen molar-refractivity contribution in [2.24, 2.45) is 0 Å². The van der Waals surface area contributed by atoms with Gasteiger partial charge in [-0.15, -0.1) is 12.4 Å². The summed E-state index contributed by atoms with van der Waals surface area (Å²) in [6.45, 7) is 2.39. The third-order valence-corrected chi connectivity index (χ3v) is 3.86. The third-order valence-electron chi connectivity index (χ3n) is 3.37. The molecule has 8 heteroatoms. The minimum Gasteiger partial charge on any atom is -0.508 e. The molecule has 0 bridgehead atoms. The van der Waals surface area contributed by atoms with Crippen LogP contribution in [0.1, 0.15) is 18.0 Å². The number of piperazine rings is 1. The number of nitrogens with zero attached hydrogens (tertiary/aromatic N) is 1. The standard InChI is InChI=1S/C13H16BrF3N2O.ClH/c14-9-1-2-10(12(20)7-9)11(8-13(15,16)17)19-5-3-18-4-6-19;/h1-2,7,11,18,20H,3-6,8H2;1H/t11-;/m1./s1. The van der Waals surface area contributed by atoms with Gasteiger partial charge in [0.25, 0.3) is 0 Å². The molecule has 0 spiro atoms. The Labute approximate surface area is 136 Å². The second-order valence-electron chi connectivity index (χ2n) is 4.82. The normalized spacial score (nSPS) is 18.1. The molecule has 0 saturated carbocycles. The fraction of sp³-hybridized carbons (Fsp3) is 0.538. The molecule has 1 heterocycles. The molecule has 1 saturated heterocycles. The van der Waals surface area contributed by atoms with Crippen LogP contribution >= 0.6 is 28.3 Å². The number of benzene rings is 1. The Morgan fingerprint density at radius 3 is 2.43 bits per heavy atom. The zero-order valence-electron chi connectivity index (χ0n) is 11.2. The second kappa shape index (κ2) is 7.67. The van der Waals surface area contributed by atoms with E-state index in [1.807, 2.05) is 0 Å². The van der Waals surface area contributed by atoms with E-state index in [2.05, 4.69) is 21.2 Å². The largest absolute Gasteiger partial charge is 0.508 e. The lowest BCUT2D eigenvalue weighted by Crippen LogP contribution is -2.46. The molecule has 0 amide bonds. The molecule has 0 unspecified atom stereocenters. The molecule has 0 radical (unpaired) electrons. The number of halogens is 5. The zero-order chi connectivity index (χ0) is 14.8. The van der Waals surface area contributed by atoms with Gasteiger partial charge >= 0.3 is 6.18 Å². The Kier molecular flexibility index (Phi) is 6.77. The van der Waals surface area contributed by atoms with Gasteiger partial charge in [-0.25, -0.2) is 0 Å².